The molecule has 0 fully saturated rings. The maximum absolute atomic E-state index is 13.9. The topological polar surface area (TPSA) is 59.8 Å². The van der Waals surface area contributed by atoms with Crippen LogP contribution in [0.2, 0.25) is 5.02 Å². The lowest BCUT2D eigenvalue weighted by Gasteiger charge is -2.04. The monoisotopic (exact) mass is 344 g/mol. The molecule has 0 aliphatic heterocycles. The normalized spacial score (nSPS) is 10.6. The summed E-state index contributed by atoms with van der Waals surface area (Å²) in [4.78, 5) is 16.5. The fourth-order valence-corrected chi connectivity index (χ4v) is 2.40. The minimum atomic E-state index is -0.687. The van der Waals surface area contributed by atoms with E-state index in [4.69, 9.17) is 11.6 Å². The number of hydrogen-bond donors (Lipinski definition) is 1. The van der Waals surface area contributed by atoms with Crippen molar-refractivity contribution in [3.05, 3.63) is 76.6 Å². The molecule has 1 N–H and O–H groups in total. The van der Waals surface area contributed by atoms with Crippen LogP contribution in [-0.4, -0.2) is 20.7 Å². The first-order valence-corrected chi connectivity index (χ1v) is 7.61. The number of rotatable bonds is 4. The molecule has 1 aromatic heterocycles. The number of halogens is 2. The zero-order chi connectivity index (χ0) is 17.1. The third-order valence-corrected chi connectivity index (χ3v) is 3.75. The number of anilines is 1. The van der Waals surface area contributed by atoms with Gasteiger partial charge in [-0.25, -0.2) is 9.37 Å². The predicted molar refractivity (Wildman–Crippen MR) is 89.6 cm³/mol. The van der Waals surface area contributed by atoms with Crippen molar-refractivity contribution < 1.29 is 9.18 Å². The van der Waals surface area contributed by atoms with Crippen LogP contribution in [0.4, 0.5) is 10.1 Å². The Morgan fingerprint density at radius 1 is 1.21 bits per heavy atom. The molecule has 7 heteroatoms. The summed E-state index contributed by atoms with van der Waals surface area (Å²) in [5, 5.41) is 6.46. The maximum Gasteiger partial charge on any atom is 0.295 e. The SMILES string of the molecule is Cn1nc(C(=O)Nc2cccc(Cl)c2F)nc1Cc1ccccc1. The number of aryl methyl sites for hydroxylation is 1. The average Bonchev–Trinajstić information content (AvgIpc) is 2.94. The lowest BCUT2D eigenvalue weighted by Crippen LogP contribution is -2.15. The number of hydrogen-bond acceptors (Lipinski definition) is 3. The number of benzene rings is 2. The van der Waals surface area contributed by atoms with E-state index in [1.807, 2.05) is 30.3 Å². The number of nitrogens with zero attached hydrogens (tertiary/aromatic N) is 3. The van der Waals surface area contributed by atoms with Crippen molar-refractivity contribution >= 4 is 23.2 Å². The summed E-state index contributed by atoms with van der Waals surface area (Å²) in [5.74, 6) is -0.667. The fourth-order valence-electron chi connectivity index (χ4n) is 2.22. The molecular formula is C17H14ClFN4O. The third kappa shape index (κ3) is 3.44. The van der Waals surface area contributed by atoms with E-state index in [2.05, 4.69) is 15.4 Å². The quantitative estimate of drug-likeness (QED) is 0.788. The van der Waals surface area contributed by atoms with Crippen LogP contribution in [0.15, 0.2) is 48.5 Å². The highest BCUT2D eigenvalue weighted by Crippen LogP contribution is 2.22. The Morgan fingerprint density at radius 3 is 2.71 bits per heavy atom. The summed E-state index contributed by atoms with van der Waals surface area (Å²) < 4.78 is 15.4. The van der Waals surface area contributed by atoms with E-state index in [-0.39, 0.29) is 16.5 Å². The molecule has 2 aromatic carbocycles. The molecule has 0 aliphatic carbocycles. The second-order valence-corrected chi connectivity index (χ2v) is 5.60. The molecule has 0 spiro atoms. The van der Waals surface area contributed by atoms with Gasteiger partial charge in [0.15, 0.2) is 5.82 Å². The van der Waals surface area contributed by atoms with Crippen molar-refractivity contribution in [3.63, 3.8) is 0 Å². The Morgan fingerprint density at radius 2 is 1.96 bits per heavy atom. The summed E-state index contributed by atoms with van der Waals surface area (Å²) in [7, 11) is 1.71. The molecular weight excluding hydrogens is 331 g/mol. The van der Waals surface area contributed by atoms with Crippen LogP contribution in [-0.2, 0) is 13.5 Å². The van der Waals surface area contributed by atoms with Gasteiger partial charge < -0.3 is 5.32 Å². The summed E-state index contributed by atoms with van der Waals surface area (Å²) >= 11 is 5.70. The first-order chi connectivity index (χ1) is 11.5. The van der Waals surface area contributed by atoms with Crippen LogP contribution in [0.3, 0.4) is 0 Å². The van der Waals surface area contributed by atoms with Gasteiger partial charge in [0.25, 0.3) is 5.91 Å². The Kier molecular flexibility index (Phi) is 4.57. The van der Waals surface area contributed by atoms with E-state index >= 15 is 0 Å². The van der Waals surface area contributed by atoms with Gasteiger partial charge >= 0.3 is 0 Å². The number of amides is 1. The second kappa shape index (κ2) is 6.80. The molecule has 3 aromatic rings. The zero-order valence-electron chi connectivity index (χ0n) is 12.8. The van der Waals surface area contributed by atoms with Gasteiger partial charge in [-0.1, -0.05) is 48.0 Å². The van der Waals surface area contributed by atoms with E-state index in [0.29, 0.717) is 12.2 Å². The Bertz CT molecular complexity index is 880. The zero-order valence-corrected chi connectivity index (χ0v) is 13.6. The van der Waals surface area contributed by atoms with Crippen LogP contribution >= 0.6 is 11.6 Å². The lowest BCUT2D eigenvalue weighted by atomic mass is 10.1. The molecule has 3 rings (SSSR count). The fraction of sp³-hybridized carbons (Fsp3) is 0.118. The van der Waals surface area contributed by atoms with Crippen molar-refractivity contribution in [1.29, 1.82) is 0 Å². The molecule has 0 atom stereocenters. The first-order valence-electron chi connectivity index (χ1n) is 7.24. The first kappa shape index (κ1) is 16.1. The third-order valence-electron chi connectivity index (χ3n) is 3.46. The maximum atomic E-state index is 13.9. The molecule has 24 heavy (non-hydrogen) atoms. The van der Waals surface area contributed by atoms with E-state index in [1.54, 1.807) is 13.1 Å². The van der Waals surface area contributed by atoms with Gasteiger partial charge in [0.1, 0.15) is 5.82 Å². The predicted octanol–water partition coefficient (Wildman–Crippen LogP) is 3.45. The standard InChI is InChI=1S/C17H14ClFN4O/c1-23-14(10-11-6-3-2-4-7-11)21-16(22-23)17(24)20-13-9-5-8-12(18)15(13)19/h2-9H,10H2,1H3,(H,20,24). The summed E-state index contributed by atoms with van der Waals surface area (Å²) in [6.07, 6.45) is 0.545. The molecule has 0 bridgehead atoms. The van der Waals surface area contributed by atoms with E-state index < -0.39 is 11.7 Å². The van der Waals surface area contributed by atoms with Crippen LogP contribution in [0.25, 0.3) is 0 Å². The Labute approximate surface area is 143 Å². The van der Waals surface area contributed by atoms with Crippen LogP contribution in [0, 0.1) is 5.82 Å². The highest BCUT2D eigenvalue weighted by atomic mass is 35.5. The highest BCUT2D eigenvalue weighted by molar-refractivity contribution is 6.31. The van der Waals surface area contributed by atoms with Gasteiger partial charge in [0, 0.05) is 13.5 Å². The van der Waals surface area contributed by atoms with Gasteiger partial charge in [-0.3, -0.25) is 9.48 Å². The van der Waals surface area contributed by atoms with Gasteiger partial charge in [0.05, 0.1) is 10.7 Å². The van der Waals surface area contributed by atoms with Crippen molar-refractivity contribution in [3.8, 4) is 0 Å². The van der Waals surface area contributed by atoms with Crippen molar-refractivity contribution in [2.24, 2.45) is 7.05 Å². The number of aromatic nitrogens is 3. The van der Waals surface area contributed by atoms with E-state index in [1.165, 1.54) is 16.8 Å². The van der Waals surface area contributed by atoms with Crippen molar-refractivity contribution in [1.82, 2.24) is 14.8 Å². The lowest BCUT2D eigenvalue weighted by molar-refractivity contribution is 0.101. The van der Waals surface area contributed by atoms with Gasteiger partial charge in [-0.2, -0.15) is 0 Å². The molecule has 5 nitrogen and oxygen atoms in total. The summed E-state index contributed by atoms with van der Waals surface area (Å²) in [5.41, 5.74) is 1.05. The molecule has 0 aliphatic rings. The number of nitrogens with one attached hydrogen (secondary N) is 1. The molecule has 0 saturated carbocycles. The van der Waals surface area contributed by atoms with Crippen LogP contribution in [0.5, 0.6) is 0 Å². The molecule has 0 radical (unpaired) electrons. The smallest absolute Gasteiger partial charge is 0.295 e. The van der Waals surface area contributed by atoms with Crippen molar-refractivity contribution in [2.75, 3.05) is 5.32 Å². The van der Waals surface area contributed by atoms with Gasteiger partial charge in [-0.15, -0.1) is 5.10 Å². The van der Waals surface area contributed by atoms with E-state index in [0.717, 1.165) is 5.56 Å². The Hall–Kier alpha value is -2.73. The van der Waals surface area contributed by atoms with Crippen LogP contribution in [0.1, 0.15) is 22.0 Å². The van der Waals surface area contributed by atoms with Crippen LogP contribution < -0.4 is 5.32 Å². The van der Waals surface area contributed by atoms with Gasteiger partial charge in [-0.05, 0) is 17.7 Å². The summed E-state index contributed by atoms with van der Waals surface area (Å²) in [6.45, 7) is 0. The Balaban J connectivity index is 1.79. The molecule has 122 valence electrons. The van der Waals surface area contributed by atoms with Gasteiger partial charge in [0.2, 0.25) is 5.82 Å². The molecule has 0 unspecified atom stereocenters. The number of carbonyl (C=O) groups excluding carboxylic acids is 1. The minimum absolute atomic E-state index is 0.00966. The molecule has 1 heterocycles. The largest absolute Gasteiger partial charge is 0.317 e. The highest BCUT2D eigenvalue weighted by Gasteiger charge is 2.17. The van der Waals surface area contributed by atoms with Crippen molar-refractivity contribution in [2.45, 2.75) is 6.42 Å². The number of carbonyl (C=O) groups is 1. The molecule has 1 amide bonds. The average molecular weight is 345 g/mol. The molecule has 0 saturated heterocycles. The second-order valence-electron chi connectivity index (χ2n) is 5.19. The minimum Gasteiger partial charge on any atom is -0.317 e. The summed E-state index contributed by atoms with van der Waals surface area (Å²) in [6, 6.07) is 14.1. The van der Waals surface area contributed by atoms with E-state index in [9.17, 15) is 9.18 Å².